The van der Waals surface area contributed by atoms with Crippen molar-refractivity contribution in [1.82, 2.24) is 0 Å². The molecule has 0 saturated carbocycles. The Kier molecular flexibility index (Phi) is 4.11. The highest BCUT2D eigenvalue weighted by Crippen LogP contribution is 2.34. The molecule has 0 fully saturated rings. The maximum absolute atomic E-state index is 11.7. The summed E-state index contributed by atoms with van der Waals surface area (Å²) in [6, 6.07) is 17.3. The smallest absolute Gasteiger partial charge is 0.377 e. The molecule has 3 rings (SSSR count). The van der Waals surface area contributed by atoms with E-state index in [1.165, 1.54) is 0 Å². The van der Waals surface area contributed by atoms with Crippen LogP contribution >= 0.6 is 0 Å². The first-order valence-corrected chi connectivity index (χ1v) is 7.38. The molecule has 2 aromatic rings. The van der Waals surface area contributed by atoms with Crippen molar-refractivity contribution in [2.24, 2.45) is 0 Å². The predicted molar refractivity (Wildman–Crippen MR) is 81.9 cm³/mol. The number of para-hydroxylation sites is 1. The molecule has 2 aromatic carbocycles. The zero-order valence-electron chi connectivity index (χ0n) is 12.2. The minimum atomic E-state index is -1.58. The van der Waals surface area contributed by atoms with Crippen LogP contribution in [0.5, 0.6) is 5.75 Å². The van der Waals surface area contributed by atoms with Gasteiger partial charge in [0.15, 0.2) is 0 Å². The number of aryl methyl sites for hydroxylation is 1. The van der Waals surface area contributed by atoms with Crippen LogP contribution in [0.2, 0.25) is 0 Å². The number of benzene rings is 2. The highest BCUT2D eigenvalue weighted by atomic mass is 16.7. The number of carboxylic acid groups (broad SMARTS) is 1. The molecule has 1 N–H and O–H groups in total. The molecule has 1 unspecified atom stereocenters. The fraction of sp³-hybridized carbons (Fsp3) is 0.278. The molecule has 0 bridgehead atoms. The molecule has 114 valence electrons. The van der Waals surface area contributed by atoms with Gasteiger partial charge in [-0.25, -0.2) is 4.79 Å². The van der Waals surface area contributed by atoms with Gasteiger partial charge in [0.2, 0.25) is 0 Å². The van der Waals surface area contributed by atoms with E-state index in [0.717, 1.165) is 11.1 Å². The molecule has 0 aromatic heterocycles. The SMILES string of the molecule is O=C(O)C1(OCCc2ccccc2)CCc2ccccc2O1. The van der Waals surface area contributed by atoms with Gasteiger partial charge < -0.3 is 14.6 Å². The molecule has 22 heavy (non-hydrogen) atoms. The standard InChI is InChI=1S/C18H18O4/c19-17(20)18(21-13-11-14-6-2-1-3-7-14)12-10-15-8-4-5-9-16(15)22-18/h1-9H,10-13H2,(H,19,20). The minimum Gasteiger partial charge on any atom is -0.476 e. The first kappa shape index (κ1) is 14.6. The van der Waals surface area contributed by atoms with Gasteiger partial charge in [-0.05, 0) is 30.0 Å². The molecule has 1 aliphatic rings. The Labute approximate surface area is 129 Å². The highest BCUT2D eigenvalue weighted by Gasteiger charge is 2.45. The van der Waals surface area contributed by atoms with Crippen LogP contribution in [-0.4, -0.2) is 23.5 Å². The van der Waals surface area contributed by atoms with Crippen LogP contribution in [0.25, 0.3) is 0 Å². The molecule has 1 aliphatic heterocycles. The van der Waals surface area contributed by atoms with Gasteiger partial charge in [0.1, 0.15) is 5.75 Å². The van der Waals surface area contributed by atoms with E-state index < -0.39 is 11.8 Å². The number of hydrogen-bond acceptors (Lipinski definition) is 3. The van der Waals surface area contributed by atoms with Crippen molar-refractivity contribution in [3.63, 3.8) is 0 Å². The van der Waals surface area contributed by atoms with Gasteiger partial charge in [0.05, 0.1) is 6.61 Å². The third-order valence-electron chi connectivity index (χ3n) is 3.87. The number of hydrogen-bond donors (Lipinski definition) is 1. The van der Waals surface area contributed by atoms with E-state index in [1.54, 1.807) is 6.07 Å². The first-order valence-electron chi connectivity index (χ1n) is 7.38. The molecule has 0 spiro atoms. The number of aliphatic carboxylic acids is 1. The summed E-state index contributed by atoms with van der Waals surface area (Å²) in [7, 11) is 0. The maximum Gasteiger partial charge on any atom is 0.377 e. The summed E-state index contributed by atoms with van der Waals surface area (Å²) >= 11 is 0. The van der Waals surface area contributed by atoms with Crippen molar-refractivity contribution in [2.75, 3.05) is 6.61 Å². The summed E-state index contributed by atoms with van der Waals surface area (Å²) in [5.74, 6) is -2.06. The van der Waals surface area contributed by atoms with E-state index in [1.807, 2.05) is 48.5 Å². The van der Waals surface area contributed by atoms with Gasteiger partial charge in [0, 0.05) is 6.42 Å². The van der Waals surface area contributed by atoms with Crippen LogP contribution in [0.15, 0.2) is 54.6 Å². The third-order valence-corrected chi connectivity index (χ3v) is 3.87. The van der Waals surface area contributed by atoms with Crippen LogP contribution in [-0.2, 0) is 22.4 Å². The molecule has 0 saturated heterocycles. The minimum absolute atomic E-state index is 0.304. The monoisotopic (exact) mass is 298 g/mol. The van der Waals surface area contributed by atoms with Crippen LogP contribution in [0.3, 0.4) is 0 Å². The normalized spacial score (nSPS) is 20.0. The Morgan fingerprint density at radius 1 is 1.14 bits per heavy atom. The average molecular weight is 298 g/mol. The van der Waals surface area contributed by atoms with E-state index in [4.69, 9.17) is 9.47 Å². The lowest BCUT2D eigenvalue weighted by Gasteiger charge is -2.34. The van der Waals surface area contributed by atoms with Gasteiger partial charge in [-0.1, -0.05) is 48.5 Å². The number of fused-ring (bicyclic) bond motifs is 1. The molecule has 0 aliphatic carbocycles. The lowest BCUT2D eigenvalue weighted by Crippen LogP contribution is -2.50. The Morgan fingerprint density at radius 3 is 2.64 bits per heavy atom. The Bertz CT molecular complexity index is 653. The number of ether oxygens (including phenoxy) is 2. The fourth-order valence-electron chi connectivity index (χ4n) is 2.63. The third kappa shape index (κ3) is 2.97. The zero-order chi connectivity index (χ0) is 15.4. The predicted octanol–water partition coefficient (Wildman–Crippen LogP) is 3.05. The van der Waals surface area contributed by atoms with Crippen LogP contribution in [0, 0.1) is 0 Å². The molecular weight excluding hydrogens is 280 g/mol. The summed E-state index contributed by atoms with van der Waals surface area (Å²) < 4.78 is 11.4. The molecule has 1 heterocycles. The van der Waals surface area contributed by atoms with Crippen molar-refractivity contribution in [1.29, 1.82) is 0 Å². The van der Waals surface area contributed by atoms with Crippen LogP contribution < -0.4 is 4.74 Å². The van der Waals surface area contributed by atoms with E-state index in [2.05, 4.69) is 0 Å². The number of rotatable bonds is 5. The number of carbonyl (C=O) groups is 1. The van der Waals surface area contributed by atoms with Gasteiger partial charge in [-0.3, -0.25) is 0 Å². The fourth-order valence-corrected chi connectivity index (χ4v) is 2.63. The van der Waals surface area contributed by atoms with Crippen molar-refractivity contribution in [3.8, 4) is 5.75 Å². The molecule has 4 heteroatoms. The van der Waals surface area contributed by atoms with Crippen LogP contribution in [0.1, 0.15) is 17.5 Å². The van der Waals surface area contributed by atoms with Crippen molar-refractivity contribution < 1.29 is 19.4 Å². The Morgan fingerprint density at radius 2 is 1.86 bits per heavy atom. The molecule has 0 radical (unpaired) electrons. The zero-order valence-corrected chi connectivity index (χ0v) is 12.2. The summed E-state index contributed by atoms with van der Waals surface area (Å²) in [6.45, 7) is 0.304. The molecule has 4 nitrogen and oxygen atoms in total. The highest BCUT2D eigenvalue weighted by molar-refractivity contribution is 5.76. The average Bonchev–Trinajstić information content (AvgIpc) is 2.55. The molecule has 1 atom stereocenters. The lowest BCUT2D eigenvalue weighted by molar-refractivity contribution is -0.217. The van der Waals surface area contributed by atoms with E-state index in [-0.39, 0.29) is 0 Å². The Balaban J connectivity index is 1.70. The van der Waals surface area contributed by atoms with Gasteiger partial charge in [-0.2, -0.15) is 0 Å². The molecular formula is C18H18O4. The Hall–Kier alpha value is -2.33. The summed E-state index contributed by atoms with van der Waals surface area (Å²) in [5.41, 5.74) is 2.13. The summed E-state index contributed by atoms with van der Waals surface area (Å²) in [5, 5.41) is 9.56. The van der Waals surface area contributed by atoms with Gasteiger partial charge in [0.25, 0.3) is 0 Å². The van der Waals surface area contributed by atoms with E-state index >= 15 is 0 Å². The topological polar surface area (TPSA) is 55.8 Å². The first-order chi connectivity index (χ1) is 10.7. The largest absolute Gasteiger partial charge is 0.476 e. The van der Waals surface area contributed by atoms with Crippen molar-refractivity contribution in [3.05, 3.63) is 65.7 Å². The second-order valence-corrected chi connectivity index (χ2v) is 5.35. The van der Waals surface area contributed by atoms with Crippen LogP contribution in [0.4, 0.5) is 0 Å². The maximum atomic E-state index is 11.7. The van der Waals surface area contributed by atoms with Gasteiger partial charge in [-0.15, -0.1) is 0 Å². The molecule has 0 amide bonds. The quantitative estimate of drug-likeness (QED) is 0.921. The second-order valence-electron chi connectivity index (χ2n) is 5.35. The van der Waals surface area contributed by atoms with Crippen molar-refractivity contribution >= 4 is 5.97 Å². The van der Waals surface area contributed by atoms with Gasteiger partial charge >= 0.3 is 11.8 Å². The summed E-state index contributed by atoms with van der Waals surface area (Å²) in [6.07, 6.45) is 1.60. The van der Waals surface area contributed by atoms with E-state index in [0.29, 0.717) is 31.6 Å². The van der Waals surface area contributed by atoms with E-state index in [9.17, 15) is 9.90 Å². The summed E-state index contributed by atoms with van der Waals surface area (Å²) in [4.78, 5) is 11.7. The number of carboxylic acids is 1. The second kappa shape index (κ2) is 6.20. The lowest BCUT2D eigenvalue weighted by atomic mass is 9.99. The van der Waals surface area contributed by atoms with Crippen molar-refractivity contribution in [2.45, 2.75) is 25.0 Å².